The maximum absolute atomic E-state index is 12.1. The van der Waals surface area contributed by atoms with E-state index in [-0.39, 0.29) is 17.9 Å². The van der Waals surface area contributed by atoms with Crippen LogP contribution in [0, 0.1) is 0 Å². The number of hydrogen-bond acceptors (Lipinski definition) is 6. The minimum Gasteiger partial charge on any atom is -0.478 e. The average Bonchev–Trinajstić information content (AvgIpc) is 2.66. The summed E-state index contributed by atoms with van der Waals surface area (Å²) in [6.45, 7) is 3.45. The fourth-order valence-corrected chi connectivity index (χ4v) is 1.89. The number of carbonyl (C=O) groups is 3. The van der Waals surface area contributed by atoms with Crippen LogP contribution in [-0.2, 0) is 9.53 Å². The zero-order valence-electron chi connectivity index (χ0n) is 14.2. The topological polar surface area (TPSA) is 99.1 Å². The molecule has 0 unspecified atom stereocenters. The van der Waals surface area contributed by atoms with Crippen molar-refractivity contribution in [3.63, 3.8) is 0 Å². The van der Waals surface area contributed by atoms with E-state index in [1.165, 1.54) is 36.4 Å². The summed E-state index contributed by atoms with van der Waals surface area (Å²) in [5.41, 5.74) is 0.915. The normalized spacial score (nSPS) is 10.2. The van der Waals surface area contributed by atoms with E-state index in [1.54, 1.807) is 24.3 Å². The molecule has 7 nitrogen and oxygen atoms in total. The van der Waals surface area contributed by atoms with Crippen molar-refractivity contribution in [2.45, 2.75) is 0 Å². The second-order valence-corrected chi connectivity index (χ2v) is 5.11. The molecule has 0 spiro atoms. The number of esters is 1. The minimum atomic E-state index is -1.05. The summed E-state index contributed by atoms with van der Waals surface area (Å²) in [7, 11) is 0. The van der Waals surface area contributed by atoms with Gasteiger partial charge in [0, 0.05) is 6.08 Å². The molecule has 0 aromatic heterocycles. The fourth-order valence-electron chi connectivity index (χ4n) is 1.89. The van der Waals surface area contributed by atoms with Gasteiger partial charge in [0.15, 0.2) is 0 Å². The molecular weight excluding hydrogens is 352 g/mol. The molecule has 0 aliphatic carbocycles. The molecule has 138 valence electrons. The van der Waals surface area contributed by atoms with E-state index in [0.29, 0.717) is 11.3 Å². The zero-order chi connectivity index (χ0) is 19.6. The molecule has 0 amide bonds. The second kappa shape index (κ2) is 9.57. The highest BCUT2D eigenvalue weighted by Gasteiger charge is 2.10. The van der Waals surface area contributed by atoms with Gasteiger partial charge in [0.2, 0.25) is 0 Å². The van der Waals surface area contributed by atoms with Crippen LogP contribution in [0.1, 0.15) is 15.9 Å². The van der Waals surface area contributed by atoms with Crippen LogP contribution in [0.25, 0.3) is 6.08 Å². The van der Waals surface area contributed by atoms with Crippen molar-refractivity contribution in [1.29, 1.82) is 0 Å². The Morgan fingerprint density at radius 3 is 2.11 bits per heavy atom. The average molecular weight is 368 g/mol. The van der Waals surface area contributed by atoms with E-state index in [9.17, 15) is 14.4 Å². The Morgan fingerprint density at radius 2 is 1.52 bits per heavy atom. The van der Waals surface area contributed by atoms with E-state index in [0.717, 1.165) is 6.08 Å². The van der Waals surface area contributed by atoms with Crippen molar-refractivity contribution in [3.8, 4) is 11.5 Å². The van der Waals surface area contributed by atoms with Gasteiger partial charge in [-0.1, -0.05) is 24.8 Å². The first-order valence-corrected chi connectivity index (χ1v) is 7.77. The van der Waals surface area contributed by atoms with Gasteiger partial charge in [-0.3, -0.25) is 0 Å². The molecule has 1 N–H and O–H groups in total. The third-order valence-electron chi connectivity index (χ3n) is 3.12. The summed E-state index contributed by atoms with van der Waals surface area (Å²) in [5.74, 6) is -1.12. The van der Waals surface area contributed by atoms with Crippen molar-refractivity contribution in [2.24, 2.45) is 0 Å². The number of benzene rings is 2. The predicted molar refractivity (Wildman–Crippen MR) is 96.7 cm³/mol. The molecule has 0 atom stereocenters. The number of carbonyl (C=O) groups excluding carboxylic acids is 2. The number of ether oxygens (including phenoxy) is 3. The van der Waals surface area contributed by atoms with Gasteiger partial charge in [0.25, 0.3) is 0 Å². The lowest BCUT2D eigenvalue weighted by molar-refractivity contribution is -0.131. The maximum atomic E-state index is 12.1. The van der Waals surface area contributed by atoms with Crippen LogP contribution < -0.4 is 9.47 Å². The number of hydrogen-bond donors (Lipinski definition) is 1. The second-order valence-electron chi connectivity index (χ2n) is 5.11. The minimum absolute atomic E-state index is 0.0358. The Balaban J connectivity index is 1.94. The SMILES string of the molecule is C=CCOC(=O)Oc1ccc(C(=O)Oc2ccc(C=CC(=O)O)cc2)cc1. The standard InChI is InChI=1S/C20H16O7/c1-2-13-25-20(24)27-17-10-6-15(7-11-17)19(23)26-16-8-3-14(4-9-16)5-12-18(21)22/h2-12H,1,13H2,(H,21,22). The Bertz CT molecular complexity index is 849. The molecule has 0 saturated carbocycles. The highest BCUT2D eigenvalue weighted by atomic mass is 16.7. The van der Waals surface area contributed by atoms with E-state index >= 15 is 0 Å². The van der Waals surface area contributed by atoms with Gasteiger partial charge in [-0.05, 0) is 48.0 Å². The molecule has 0 aliphatic heterocycles. The first-order chi connectivity index (χ1) is 13.0. The smallest absolute Gasteiger partial charge is 0.478 e. The molecule has 0 fully saturated rings. The zero-order valence-corrected chi connectivity index (χ0v) is 14.2. The summed E-state index contributed by atoms with van der Waals surface area (Å²) in [6.07, 6.45) is 2.97. The van der Waals surface area contributed by atoms with E-state index < -0.39 is 18.1 Å². The summed E-state index contributed by atoms with van der Waals surface area (Å²) in [6, 6.07) is 12.1. The van der Waals surface area contributed by atoms with Gasteiger partial charge in [0.05, 0.1) is 5.56 Å². The molecule has 27 heavy (non-hydrogen) atoms. The van der Waals surface area contributed by atoms with Crippen LogP contribution >= 0.6 is 0 Å². The summed E-state index contributed by atoms with van der Waals surface area (Å²) < 4.78 is 14.8. The molecule has 7 heteroatoms. The quantitative estimate of drug-likeness (QED) is 0.261. The van der Waals surface area contributed by atoms with Gasteiger partial charge in [-0.2, -0.15) is 0 Å². The van der Waals surface area contributed by atoms with Gasteiger partial charge in [-0.15, -0.1) is 0 Å². The lowest BCUT2D eigenvalue weighted by atomic mass is 10.2. The summed E-state index contributed by atoms with van der Waals surface area (Å²) in [4.78, 5) is 33.9. The monoisotopic (exact) mass is 368 g/mol. The predicted octanol–water partition coefficient (Wildman–Crippen LogP) is 3.71. The molecule has 0 aliphatic rings. The number of carboxylic acids is 1. The molecule has 0 heterocycles. The van der Waals surface area contributed by atoms with Crippen molar-refractivity contribution in [1.82, 2.24) is 0 Å². The lowest BCUT2D eigenvalue weighted by Gasteiger charge is -2.06. The van der Waals surface area contributed by atoms with Crippen LogP contribution in [0.4, 0.5) is 4.79 Å². The van der Waals surface area contributed by atoms with E-state index in [4.69, 9.17) is 14.6 Å². The fraction of sp³-hybridized carbons (Fsp3) is 0.0500. The first kappa shape index (κ1) is 19.5. The molecule has 0 saturated heterocycles. The lowest BCUT2D eigenvalue weighted by Crippen LogP contribution is -2.11. The molecule has 2 aromatic carbocycles. The highest BCUT2D eigenvalue weighted by Crippen LogP contribution is 2.17. The summed E-state index contributed by atoms with van der Waals surface area (Å²) >= 11 is 0. The van der Waals surface area contributed by atoms with Crippen LogP contribution in [0.2, 0.25) is 0 Å². The van der Waals surface area contributed by atoms with Gasteiger partial charge < -0.3 is 19.3 Å². The molecule has 0 bridgehead atoms. The summed E-state index contributed by atoms with van der Waals surface area (Å²) in [5, 5.41) is 8.59. The third kappa shape index (κ3) is 6.50. The van der Waals surface area contributed by atoms with E-state index in [2.05, 4.69) is 11.3 Å². The Labute approximate surface area is 155 Å². The largest absolute Gasteiger partial charge is 0.514 e. The Hall–Kier alpha value is -3.87. The third-order valence-corrected chi connectivity index (χ3v) is 3.12. The van der Waals surface area contributed by atoms with Crippen molar-refractivity contribution in [3.05, 3.63) is 78.4 Å². The molecular formula is C20H16O7. The molecule has 2 aromatic rings. The van der Waals surface area contributed by atoms with E-state index in [1.807, 2.05) is 0 Å². The number of carboxylic acid groups (broad SMARTS) is 1. The van der Waals surface area contributed by atoms with Crippen molar-refractivity contribution in [2.75, 3.05) is 6.61 Å². The molecule has 2 rings (SSSR count). The van der Waals surface area contributed by atoms with Crippen molar-refractivity contribution < 1.29 is 33.7 Å². The Kier molecular flexibility index (Phi) is 6.90. The van der Waals surface area contributed by atoms with Crippen molar-refractivity contribution >= 4 is 24.2 Å². The first-order valence-electron chi connectivity index (χ1n) is 7.77. The number of aliphatic carboxylic acids is 1. The number of rotatable bonds is 7. The van der Waals surface area contributed by atoms with Crippen LogP contribution in [0.5, 0.6) is 11.5 Å². The highest BCUT2D eigenvalue weighted by molar-refractivity contribution is 5.91. The van der Waals surface area contributed by atoms with Gasteiger partial charge >= 0.3 is 18.1 Å². The molecule has 0 radical (unpaired) electrons. The van der Waals surface area contributed by atoms with Gasteiger partial charge in [0.1, 0.15) is 18.1 Å². The van der Waals surface area contributed by atoms with Crippen LogP contribution in [0.15, 0.2) is 67.3 Å². The van der Waals surface area contributed by atoms with Gasteiger partial charge in [-0.25, -0.2) is 14.4 Å². The van der Waals surface area contributed by atoms with Crippen LogP contribution in [-0.4, -0.2) is 29.8 Å². The maximum Gasteiger partial charge on any atom is 0.514 e. The van der Waals surface area contributed by atoms with Crippen LogP contribution in [0.3, 0.4) is 0 Å². The Morgan fingerprint density at radius 1 is 0.926 bits per heavy atom.